The summed E-state index contributed by atoms with van der Waals surface area (Å²) in [5, 5.41) is 7.96. The molecule has 1 fully saturated rings. The maximum atomic E-state index is 13.6. The van der Waals surface area contributed by atoms with Crippen molar-refractivity contribution in [2.24, 2.45) is 0 Å². The molecule has 32 heavy (non-hydrogen) atoms. The van der Waals surface area contributed by atoms with E-state index in [1.807, 2.05) is 18.2 Å². The summed E-state index contributed by atoms with van der Waals surface area (Å²) in [4.78, 5) is 14.0. The van der Waals surface area contributed by atoms with Gasteiger partial charge in [-0.2, -0.15) is 0 Å². The second kappa shape index (κ2) is 9.28. The Bertz CT molecular complexity index is 1110. The lowest BCUT2D eigenvalue weighted by atomic mass is 9.91. The first-order valence-electron chi connectivity index (χ1n) is 11.5. The van der Waals surface area contributed by atoms with Gasteiger partial charge in [-0.3, -0.25) is 4.79 Å². The second-order valence-electron chi connectivity index (χ2n) is 8.75. The molecule has 0 aliphatic carbocycles. The van der Waals surface area contributed by atoms with E-state index in [9.17, 15) is 9.18 Å². The fourth-order valence-electron chi connectivity index (χ4n) is 4.72. The van der Waals surface area contributed by atoms with Gasteiger partial charge < -0.3 is 19.5 Å². The monoisotopic (exact) mass is 437 g/mol. The summed E-state index contributed by atoms with van der Waals surface area (Å²) in [6.07, 6.45) is 5.42. The van der Waals surface area contributed by atoms with E-state index in [2.05, 4.69) is 15.4 Å². The third kappa shape index (κ3) is 4.63. The lowest BCUT2D eigenvalue weighted by molar-refractivity contribution is -0.116. The average Bonchev–Trinajstić information content (AvgIpc) is 3.22. The minimum absolute atomic E-state index is 0.0716. The number of carbonyl (C=O) groups excluding carboxylic acids is 1. The molecule has 2 aliphatic rings. The Kier molecular flexibility index (Phi) is 6.08. The number of amides is 1. The first kappa shape index (κ1) is 20.9. The van der Waals surface area contributed by atoms with Gasteiger partial charge in [-0.1, -0.05) is 11.2 Å². The highest BCUT2D eigenvalue weighted by Gasteiger charge is 2.25. The van der Waals surface area contributed by atoms with Gasteiger partial charge in [-0.25, -0.2) is 4.39 Å². The molecule has 1 amide bonds. The van der Waals surface area contributed by atoms with Crippen molar-refractivity contribution in [3.8, 4) is 5.75 Å². The molecule has 2 aliphatic heterocycles. The maximum Gasteiger partial charge on any atom is 0.224 e. The van der Waals surface area contributed by atoms with E-state index in [4.69, 9.17) is 9.26 Å². The van der Waals surface area contributed by atoms with Gasteiger partial charge in [-0.05, 0) is 81.6 Å². The van der Waals surface area contributed by atoms with E-state index >= 15 is 0 Å². The van der Waals surface area contributed by atoms with Crippen LogP contribution in [0.5, 0.6) is 5.75 Å². The Hall–Kier alpha value is -2.93. The molecule has 0 bridgehead atoms. The molecule has 0 spiro atoms. The number of hydrogen-bond acceptors (Lipinski definition) is 5. The van der Waals surface area contributed by atoms with E-state index in [0.29, 0.717) is 24.5 Å². The number of carbonyl (C=O) groups is 1. The lowest BCUT2D eigenvalue weighted by Crippen LogP contribution is -2.34. The molecular weight excluding hydrogens is 409 g/mol. The van der Waals surface area contributed by atoms with Crippen molar-refractivity contribution in [2.45, 2.75) is 44.4 Å². The van der Waals surface area contributed by atoms with Crippen molar-refractivity contribution in [1.29, 1.82) is 0 Å². The Morgan fingerprint density at radius 2 is 2.00 bits per heavy atom. The van der Waals surface area contributed by atoms with Crippen LogP contribution in [0.3, 0.4) is 0 Å². The smallest absolute Gasteiger partial charge is 0.224 e. The fourth-order valence-corrected chi connectivity index (χ4v) is 4.72. The third-order valence-electron chi connectivity index (χ3n) is 6.55. The summed E-state index contributed by atoms with van der Waals surface area (Å²) >= 11 is 0. The second-order valence-corrected chi connectivity index (χ2v) is 8.75. The van der Waals surface area contributed by atoms with Crippen molar-refractivity contribution < 1.29 is 18.4 Å². The van der Waals surface area contributed by atoms with Gasteiger partial charge in [0.15, 0.2) is 5.58 Å². The zero-order valence-corrected chi connectivity index (χ0v) is 18.1. The quantitative estimate of drug-likeness (QED) is 0.533. The number of ether oxygens (including phenoxy) is 1. The molecule has 0 atom stereocenters. The molecule has 5 rings (SSSR count). The molecule has 0 unspecified atom stereocenters. The highest BCUT2D eigenvalue weighted by molar-refractivity contribution is 5.94. The molecule has 1 N–H and O–H groups in total. The Balaban J connectivity index is 1.04. The number of likely N-dealkylation sites (tertiary alicyclic amines) is 1. The molecule has 0 saturated carbocycles. The number of anilines is 1. The van der Waals surface area contributed by atoms with Crippen LogP contribution in [0.1, 0.15) is 49.3 Å². The summed E-state index contributed by atoms with van der Waals surface area (Å²) < 4.78 is 24.9. The van der Waals surface area contributed by atoms with Gasteiger partial charge in [-0.15, -0.1) is 0 Å². The predicted octanol–water partition coefficient (Wildman–Crippen LogP) is 4.89. The van der Waals surface area contributed by atoms with Gasteiger partial charge in [0.25, 0.3) is 0 Å². The number of benzene rings is 2. The van der Waals surface area contributed by atoms with E-state index in [-0.39, 0.29) is 11.7 Å². The normalized spacial score (nSPS) is 17.3. The molecule has 3 aromatic rings. The van der Waals surface area contributed by atoms with Gasteiger partial charge in [0.05, 0.1) is 12.3 Å². The molecule has 1 aromatic heterocycles. The molecule has 2 aromatic carbocycles. The average molecular weight is 438 g/mol. The first-order valence-corrected chi connectivity index (χ1v) is 11.5. The molecular formula is C25H28FN3O3. The molecule has 3 heterocycles. The van der Waals surface area contributed by atoms with Crippen LogP contribution in [-0.2, 0) is 11.2 Å². The molecule has 7 heteroatoms. The van der Waals surface area contributed by atoms with Crippen LogP contribution >= 0.6 is 0 Å². The topological polar surface area (TPSA) is 67.6 Å². The predicted molar refractivity (Wildman–Crippen MR) is 121 cm³/mol. The van der Waals surface area contributed by atoms with Gasteiger partial charge in [0, 0.05) is 29.5 Å². The number of halogens is 1. The van der Waals surface area contributed by atoms with Crippen LogP contribution in [0.4, 0.5) is 10.1 Å². The van der Waals surface area contributed by atoms with Crippen LogP contribution in [0, 0.1) is 5.82 Å². The number of unbranched alkanes of at least 4 members (excludes halogenated alkanes) is 1. The highest BCUT2D eigenvalue weighted by atomic mass is 19.1. The van der Waals surface area contributed by atoms with Crippen LogP contribution in [-0.4, -0.2) is 42.2 Å². The Morgan fingerprint density at radius 3 is 2.88 bits per heavy atom. The number of aryl methyl sites for hydroxylation is 1. The van der Waals surface area contributed by atoms with Crippen LogP contribution in [0.25, 0.3) is 11.0 Å². The lowest BCUT2D eigenvalue weighted by Gasteiger charge is -2.31. The van der Waals surface area contributed by atoms with E-state index < -0.39 is 0 Å². The van der Waals surface area contributed by atoms with Crippen molar-refractivity contribution in [2.75, 3.05) is 31.6 Å². The minimum atomic E-state index is -0.248. The van der Waals surface area contributed by atoms with Crippen molar-refractivity contribution >= 4 is 22.6 Å². The van der Waals surface area contributed by atoms with E-state index in [0.717, 1.165) is 74.3 Å². The van der Waals surface area contributed by atoms with Crippen LogP contribution in [0.15, 0.2) is 40.9 Å². The summed E-state index contributed by atoms with van der Waals surface area (Å²) in [6, 6.07) is 10.5. The van der Waals surface area contributed by atoms with Crippen LogP contribution in [0.2, 0.25) is 0 Å². The van der Waals surface area contributed by atoms with E-state index in [1.165, 1.54) is 17.7 Å². The standard InChI is InChI=1S/C25H28FN3O3/c26-19-5-7-23-21(15-19)25(28-32-23)18-9-12-29(13-10-18)11-1-2-14-31-20-6-3-17-4-8-24(30)27-22(17)16-20/h3,5-7,15-16,18H,1-2,4,8-14H2,(H,27,30). The van der Waals surface area contributed by atoms with Crippen LogP contribution < -0.4 is 10.1 Å². The highest BCUT2D eigenvalue weighted by Crippen LogP contribution is 2.33. The minimum Gasteiger partial charge on any atom is -0.494 e. The number of aromatic nitrogens is 1. The zero-order valence-electron chi connectivity index (χ0n) is 18.1. The third-order valence-corrected chi connectivity index (χ3v) is 6.55. The molecule has 1 saturated heterocycles. The number of rotatable bonds is 7. The number of piperidine rings is 1. The Labute approximate surface area is 186 Å². The molecule has 0 radical (unpaired) electrons. The maximum absolute atomic E-state index is 13.6. The van der Waals surface area contributed by atoms with Crippen molar-refractivity contribution in [3.63, 3.8) is 0 Å². The first-order chi connectivity index (χ1) is 15.7. The van der Waals surface area contributed by atoms with Gasteiger partial charge in [0.2, 0.25) is 5.91 Å². The number of hydrogen-bond donors (Lipinski definition) is 1. The Morgan fingerprint density at radius 1 is 1.12 bits per heavy atom. The zero-order chi connectivity index (χ0) is 21.9. The summed E-state index contributed by atoms with van der Waals surface area (Å²) in [7, 11) is 0. The summed E-state index contributed by atoms with van der Waals surface area (Å²) in [5.74, 6) is 0.953. The van der Waals surface area contributed by atoms with Crippen molar-refractivity contribution in [3.05, 3.63) is 53.5 Å². The molecule has 6 nitrogen and oxygen atoms in total. The van der Waals surface area contributed by atoms with Gasteiger partial charge in [0.1, 0.15) is 11.6 Å². The summed E-state index contributed by atoms with van der Waals surface area (Å²) in [5.41, 5.74) is 3.60. The largest absolute Gasteiger partial charge is 0.494 e. The summed E-state index contributed by atoms with van der Waals surface area (Å²) in [6.45, 7) is 3.74. The number of fused-ring (bicyclic) bond motifs is 2. The van der Waals surface area contributed by atoms with E-state index in [1.54, 1.807) is 6.07 Å². The van der Waals surface area contributed by atoms with Crippen molar-refractivity contribution in [1.82, 2.24) is 10.1 Å². The molecule has 168 valence electrons. The number of nitrogens with zero attached hydrogens (tertiary/aromatic N) is 2. The number of nitrogens with one attached hydrogen (secondary N) is 1. The van der Waals surface area contributed by atoms with Gasteiger partial charge >= 0.3 is 0 Å². The SMILES string of the molecule is O=C1CCc2ccc(OCCCCN3CCC(c4noc5ccc(F)cc45)CC3)cc2N1. The fraction of sp³-hybridized carbons (Fsp3) is 0.440.